The number of rotatable bonds is 7. The van der Waals surface area contributed by atoms with Crippen molar-refractivity contribution in [2.75, 3.05) is 55.4 Å². The highest BCUT2D eigenvalue weighted by Gasteiger charge is 2.59. The third kappa shape index (κ3) is 7.11. The van der Waals surface area contributed by atoms with Gasteiger partial charge in [-0.05, 0) is 105 Å². The monoisotopic (exact) mass is 492 g/mol. The van der Waals surface area contributed by atoms with Gasteiger partial charge in [0.25, 0.3) is 0 Å². The fraction of sp³-hybridized carbons (Fsp3) is 0.968. The molecule has 0 aliphatic heterocycles. The molecule has 35 heavy (non-hydrogen) atoms. The van der Waals surface area contributed by atoms with E-state index in [1.165, 1.54) is 70.9 Å². The van der Waals surface area contributed by atoms with Gasteiger partial charge in [-0.2, -0.15) is 0 Å². The van der Waals surface area contributed by atoms with E-state index in [0.29, 0.717) is 17.1 Å². The Morgan fingerprint density at radius 1 is 0.743 bits per heavy atom. The second kappa shape index (κ2) is 11.1. The highest BCUT2D eigenvalue weighted by molar-refractivity contribution is 5.79. The topological polar surface area (TPSA) is 37.3 Å². The van der Waals surface area contributed by atoms with Crippen molar-refractivity contribution < 1.29 is 18.9 Å². The molecule has 4 rings (SSSR count). The Balaban J connectivity index is 0.000000216. The number of Topliss-reactive ketones (excluding diaryl/α,β-unsaturated/α-hetero) is 1. The minimum Gasteiger partial charge on any atom is -0.393 e. The zero-order valence-electron chi connectivity index (χ0n) is 24.7. The van der Waals surface area contributed by atoms with E-state index in [4.69, 9.17) is 0 Å². The molecule has 0 aromatic heterocycles. The fourth-order valence-corrected chi connectivity index (χ4v) is 8.54. The molecule has 0 amide bonds. The number of nitrogens with zero attached hydrogens (tertiary/aromatic N) is 2. The van der Waals surface area contributed by atoms with Crippen LogP contribution >= 0.6 is 0 Å². The number of ketones is 1. The molecular formula is C31H60N2O2+2. The van der Waals surface area contributed by atoms with E-state index >= 15 is 0 Å². The second-order valence-corrected chi connectivity index (χ2v) is 15.5. The van der Waals surface area contributed by atoms with Crippen LogP contribution < -0.4 is 0 Å². The van der Waals surface area contributed by atoms with Crippen LogP contribution in [0.3, 0.4) is 0 Å². The summed E-state index contributed by atoms with van der Waals surface area (Å²) in [6.45, 7) is 7.47. The Bertz CT molecular complexity index is 690. The van der Waals surface area contributed by atoms with E-state index < -0.39 is 0 Å². The average molecular weight is 493 g/mol. The van der Waals surface area contributed by atoms with Crippen molar-refractivity contribution in [3.63, 3.8) is 0 Å². The number of aliphatic hydroxyl groups is 1. The van der Waals surface area contributed by atoms with E-state index in [1.807, 2.05) is 0 Å². The Morgan fingerprint density at radius 2 is 1.31 bits per heavy atom. The largest absolute Gasteiger partial charge is 0.393 e. The third-order valence-corrected chi connectivity index (χ3v) is 10.8. The van der Waals surface area contributed by atoms with Gasteiger partial charge in [-0.25, -0.2) is 0 Å². The van der Waals surface area contributed by atoms with E-state index in [2.05, 4.69) is 56.1 Å². The summed E-state index contributed by atoms with van der Waals surface area (Å²) in [5, 5.41) is 10.5. The molecule has 4 aliphatic rings. The highest BCUT2D eigenvalue weighted by Crippen LogP contribution is 2.65. The molecule has 0 unspecified atom stereocenters. The van der Waals surface area contributed by atoms with E-state index in [0.717, 1.165) is 52.4 Å². The molecule has 4 aliphatic carbocycles. The van der Waals surface area contributed by atoms with E-state index in [-0.39, 0.29) is 11.5 Å². The van der Waals surface area contributed by atoms with E-state index in [9.17, 15) is 9.90 Å². The van der Waals surface area contributed by atoms with Crippen LogP contribution in [0.15, 0.2) is 0 Å². The molecule has 4 nitrogen and oxygen atoms in total. The van der Waals surface area contributed by atoms with Gasteiger partial charge in [-0.3, -0.25) is 4.79 Å². The van der Waals surface area contributed by atoms with Gasteiger partial charge in [0.15, 0.2) is 0 Å². The van der Waals surface area contributed by atoms with Crippen molar-refractivity contribution in [1.29, 1.82) is 0 Å². The fourth-order valence-electron chi connectivity index (χ4n) is 8.54. The summed E-state index contributed by atoms with van der Waals surface area (Å²) in [4.78, 5) is 11.9. The van der Waals surface area contributed by atoms with Crippen LogP contribution in [-0.4, -0.2) is 81.3 Å². The lowest BCUT2D eigenvalue weighted by Crippen LogP contribution is -2.54. The molecule has 0 bridgehead atoms. The maximum absolute atomic E-state index is 11.9. The molecule has 0 heterocycles. The normalized spacial score (nSPS) is 39.2. The first kappa shape index (κ1) is 29.1. The van der Waals surface area contributed by atoms with Crippen molar-refractivity contribution in [3.05, 3.63) is 0 Å². The maximum Gasteiger partial charge on any atom is 0.133 e. The van der Waals surface area contributed by atoms with Gasteiger partial charge >= 0.3 is 0 Å². The minimum atomic E-state index is -0.0677. The summed E-state index contributed by atoms with van der Waals surface area (Å²) in [5.41, 5.74) is 0.598. The molecule has 0 spiro atoms. The molecule has 0 radical (unpaired) electrons. The van der Waals surface area contributed by atoms with Crippen molar-refractivity contribution in [2.45, 2.75) is 103 Å². The highest BCUT2D eigenvalue weighted by atomic mass is 16.3. The molecule has 0 saturated heterocycles. The predicted molar refractivity (Wildman–Crippen MR) is 147 cm³/mol. The Labute approximate surface area is 218 Å². The molecule has 1 N–H and O–H groups in total. The number of carbonyl (C=O) groups is 1. The summed E-state index contributed by atoms with van der Waals surface area (Å²) in [6.07, 6.45) is 15.6. The van der Waals surface area contributed by atoms with Crippen LogP contribution in [0.1, 0.15) is 97.3 Å². The molecule has 4 fully saturated rings. The Morgan fingerprint density at radius 3 is 1.89 bits per heavy atom. The van der Waals surface area contributed by atoms with Gasteiger partial charge in [0.2, 0.25) is 0 Å². The SMILES string of the molecule is C[C@]12CCC(=O)C[C@@H]1CC[C@@H]1[C@@H]2CC[C@]2(C)[C@@H](O)CC[C@@H]12.C[N+](C)(C)CCCCCC[N+](C)(C)C. The summed E-state index contributed by atoms with van der Waals surface area (Å²) in [7, 11) is 13.6. The molecular weight excluding hydrogens is 432 g/mol. The Hall–Kier alpha value is -0.450. The minimum absolute atomic E-state index is 0.0677. The number of aliphatic hydroxyl groups excluding tert-OH is 1. The number of hydrogen-bond acceptors (Lipinski definition) is 2. The lowest BCUT2D eigenvalue weighted by atomic mass is 9.45. The average Bonchev–Trinajstić information content (AvgIpc) is 3.05. The summed E-state index contributed by atoms with van der Waals surface area (Å²) >= 11 is 0. The van der Waals surface area contributed by atoms with Gasteiger partial charge in [0.05, 0.1) is 61.5 Å². The quantitative estimate of drug-likeness (QED) is 0.354. The van der Waals surface area contributed by atoms with Crippen molar-refractivity contribution in [1.82, 2.24) is 0 Å². The summed E-state index contributed by atoms with van der Waals surface area (Å²) in [5.74, 6) is 3.52. The van der Waals surface area contributed by atoms with Crippen LogP contribution in [0.2, 0.25) is 0 Å². The van der Waals surface area contributed by atoms with Gasteiger partial charge < -0.3 is 14.1 Å². The second-order valence-electron chi connectivity index (χ2n) is 15.5. The first-order valence-electron chi connectivity index (χ1n) is 15.0. The van der Waals surface area contributed by atoms with Gasteiger partial charge in [-0.1, -0.05) is 13.8 Å². The van der Waals surface area contributed by atoms with Crippen molar-refractivity contribution in [2.24, 2.45) is 34.5 Å². The van der Waals surface area contributed by atoms with Gasteiger partial charge in [0, 0.05) is 12.8 Å². The number of hydrogen-bond donors (Lipinski definition) is 1. The Kier molecular flexibility index (Phi) is 9.25. The van der Waals surface area contributed by atoms with Crippen molar-refractivity contribution in [3.8, 4) is 0 Å². The molecule has 204 valence electrons. The van der Waals surface area contributed by atoms with Crippen LogP contribution in [0.5, 0.6) is 0 Å². The molecule has 0 aromatic rings. The lowest BCUT2D eigenvalue weighted by Gasteiger charge is -2.60. The zero-order chi connectivity index (χ0) is 26.1. The van der Waals surface area contributed by atoms with Gasteiger partial charge in [-0.15, -0.1) is 0 Å². The smallest absolute Gasteiger partial charge is 0.133 e. The number of quaternary nitrogens is 2. The summed E-state index contributed by atoms with van der Waals surface area (Å²) in [6, 6.07) is 0. The van der Waals surface area contributed by atoms with Crippen LogP contribution in [0, 0.1) is 34.5 Å². The van der Waals surface area contributed by atoms with E-state index in [1.54, 1.807) is 0 Å². The van der Waals surface area contributed by atoms with Crippen LogP contribution in [0.25, 0.3) is 0 Å². The number of fused-ring (bicyclic) bond motifs is 5. The summed E-state index contributed by atoms with van der Waals surface area (Å²) < 4.78 is 2.21. The molecule has 4 heteroatoms. The van der Waals surface area contributed by atoms with Crippen molar-refractivity contribution >= 4 is 5.78 Å². The first-order chi connectivity index (χ1) is 16.2. The lowest BCUT2D eigenvalue weighted by molar-refractivity contribution is -0.871. The molecule has 7 atom stereocenters. The third-order valence-electron chi connectivity index (χ3n) is 10.8. The maximum atomic E-state index is 11.9. The van der Waals surface area contributed by atoms with Gasteiger partial charge in [0.1, 0.15) is 5.78 Å². The molecule has 0 aromatic carbocycles. The predicted octanol–water partition coefficient (Wildman–Crippen LogP) is 5.92. The molecule has 4 saturated carbocycles. The van der Waals surface area contributed by atoms with Crippen LogP contribution in [-0.2, 0) is 4.79 Å². The number of unbranched alkanes of at least 4 members (excludes halogenated alkanes) is 3. The number of carbonyl (C=O) groups excluding carboxylic acids is 1. The zero-order valence-corrected chi connectivity index (χ0v) is 24.7. The standard InChI is InChI=1S/C19H30O2.C12H30N2/c1-18-9-7-13(20)11-12(18)3-4-14-15-5-6-17(21)19(15,2)10-8-16(14)18;1-13(2,3)11-9-7-8-10-12-14(4,5)6/h12,14-17,21H,3-11H2,1-2H3;7-12H2,1-6H3/q;+2/t12-,14-,15-,16-,17-,18-,19-;/m0./s1. The first-order valence-corrected chi connectivity index (χ1v) is 15.0. The van der Waals surface area contributed by atoms with Crippen LogP contribution in [0.4, 0.5) is 0 Å².